The third kappa shape index (κ3) is 161. The first-order valence-electron chi connectivity index (χ1n) is 39.2. The van der Waals surface area contributed by atoms with Crippen molar-refractivity contribution in [2.45, 2.75) is 446 Å². The third-order valence-corrected chi connectivity index (χ3v) is 12.2. The molecule has 0 aromatic rings. The SMILES string of the molecule is CC.CC(C)C.CCC.CCC(C)C.CCC(C)C(F)(F)F.CCCC.CCCC(C)(C)C.CCCC(C)C.CCCC(C)C(F)(F)F.CCCCC.[2H]C(C)(C)C.[2H]C([2H])(C)C1CCCC1.[2H]C([2H])(C)C1CCCCC1.[2H]C([2H])(C)CC.[2H]C1(C)CCCCC1. The molecule has 522 valence electrons. The first-order chi connectivity index (χ1) is 41.0. The van der Waals surface area contributed by atoms with Crippen molar-refractivity contribution >= 4 is 0 Å². The smallest absolute Gasteiger partial charge is 0.171 e. The zero-order chi connectivity index (χ0) is 75.5. The topological polar surface area (TPSA) is 0 Å². The van der Waals surface area contributed by atoms with E-state index in [9.17, 15) is 26.3 Å². The number of unbranched alkanes of at least 4 members (excludes halogenated alkanes) is 3. The first-order valence-corrected chi connectivity index (χ1v) is 35.2. The van der Waals surface area contributed by atoms with Gasteiger partial charge in [-0.1, -0.05) is 415 Å². The standard InChI is InChI=1S/C8H16.2C7H14.C7H16.C6H11F3.C6H14.C5H9F3.2C5H12.4C4H10.C3H8.C2H6/c1-2-8-6-4-3-5-7-8;1-7-5-3-2-4-6-7;1-2-7-5-3-4-6-7;1-5-6-7(2,3)4;1-3-4-5(2)6(7,8)9;1-4-5-6(2)3;1-3-4(2)5(6,7)8;1-4-5(2)3;1-3-5-4-2;2*1-4(2)3;2*1-3-4-2;1-3-2;1-2/h8H,2-7H2,1H3;2*7H,2-6H2,1H3;5-6H2,1-4H3;5H,3-4H2,1-2H3;6H,4-5H2,1-3H3;4H,3H2,1-2H3;5H,4H2,1-3H3;3-5H2,1-2H3;2*4H,1-3H3;2*3-4H2,1-2H3;3H2,1-2H3;1-2H3/i2D2;7D;2D2;;;;;;;4D;;3D2;;;. The average molecular weight is 1220 g/mol. The molecule has 3 fully saturated rings. The van der Waals surface area contributed by atoms with Gasteiger partial charge >= 0.3 is 12.4 Å². The van der Waals surface area contributed by atoms with E-state index in [1.54, 1.807) is 27.7 Å². The summed E-state index contributed by atoms with van der Waals surface area (Å²) in [5.41, 5.74) is 0.550. The summed E-state index contributed by atoms with van der Waals surface area (Å²) >= 11 is 0. The van der Waals surface area contributed by atoms with Crippen molar-refractivity contribution < 1.29 is 37.3 Å². The normalized spacial score (nSPS) is 16.8. The molecule has 0 nitrogen and oxygen atoms in total. The zero-order valence-corrected chi connectivity index (χ0v) is 63.8. The van der Waals surface area contributed by atoms with E-state index >= 15 is 0 Å². The van der Waals surface area contributed by atoms with E-state index in [2.05, 4.69) is 132 Å². The van der Waals surface area contributed by atoms with Crippen molar-refractivity contribution in [1.29, 1.82) is 0 Å². The fraction of sp³-hybridized carbons (Fsp3) is 1.00. The summed E-state index contributed by atoms with van der Waals surface area (Å²) in [6.07, 6.45) is 22.2. The fourth-order valence-electron chi connectivity index (χ4n) is 6.27. The number of hydrogen-bond donors (Lipinski definition) is 0. The second-order valence-corrected chi connectivity index (χ2v) is 25.8. The molecule has 0 bridgehead atoms. The highest BCUT2D eigenvalue weighted by atomic mass is 19.4. The Hall–Kier alpha value is -0.420. The summed E-state index contributed by atoms with van der Waals surface area (Å²) in [6.45, 7) is 66.1. The van der Waals surface area contributed by atoms with E-state index in [0.29, 0.717) is 30.1 Å². The molecule has 0 aromatic carbocycles. The van der Waals surface area contributed by atoms with Gasteiger partial charge in [-0.3, -0.25) is 0 Å². The summed E-state index contributed by atoms with van der Waals surface area (Å²) in [7, 11) is 0. The van der Waals surface area contributed by atoms with Gasteiger partial charge in [-0.2, -0.15) is 26.3 Å². The fourth-order valence-corrected chi connectivity index (χ4v) is 6.27. The van der Waals surface area contributed by atoms with Crippen molar-refractivity contribution in [1.82, 2.24) is 0 Å². The summed E-state index contributed by atoms with van der Waals surface area (Å²) < 4.78 is 127. The van der Waals surface area contributed by atoms with E-state index in [0.717, 1.165) is 56.3 Å². The summed E-state index contributed by atoms with van der Waals surface area (Å²) in [6, 6.07) is 0. The zero-order valence-electron chi connectivity index (χ0n) is 71.8. The molecule has 0 spiro atoms. The van der Waals surface area contributed by atoms with E-state index < -0.39 is 43.3 Å². The molecule has 3 rings (SSSR count). The van der Waals surface area contributed by atoms with Gasteiger partial charge in [0.05, 0.1) is 11.8 Å². The minimum Gasteiger partial charge on any atom is -0.171 e. The van der Waals surface area contributed by atoms with Crippen LogP contribution in [0.5, 0.6) is 0 Å². The van der Waals surface area contributed by atoms with Gasteiger partial charge in [-0.25, -0.2) is 0 Å². The molecule has 0 N–H and O–H groups in total. The van der Waals surface area contributed by atoms with Gasteiger partial charge in [0, 0.05) is 11.0 Å². The quantitative estimate of drug-likeness (QED) is 0.161. The predicted molar refractivity (Wildman–Crippen MR) is 381 cm³/mol. The maximum atomic E-state index is 11.6. The largest absolute Gasteiger partial charge is 0.391 e. The summed E-state index contributed by atoms with van der Waals surface area (Å²) in [5.74, 6) is 0.687. The van der Waals surface area contributed by atoms with Crippen LogP contribution in [-0.4, -0.2) is 12.4 Å². The molecule has 2 unspecified atom stereocenters. The number of rotatable bonds is 13. The number of hydrogen-bond acceptors (Lipinski definition) is 0. The summed E-state index contributed by atoms with van der Waals surface area (Å²) in [4.78, 5) is 0. The molecule has 0 radical (unpaired) electrons. The van der Waals surface area contributed by atoms with E-state index in [1.165, 1.54) is 143 Å². The van der Waals surface area contributed by atoms with Crippen molar-refractivity contribution in [3.8, 4) is 0 Å². The molecular weight excluding hydrogens is 1040 g/mol. The second kappa shape index (κ2) is 90.3. The van der Waals surface area contributed by atoms with Crippen LogP contribution in [0.4, 0.5) is 26.3 Å². The van der Waals surface area contributed by atoms with E-state index in [1.807, 2.05) is 48.5 Å². The lowest BCUT2D eigenvalue weighted by atomic mass is 9.88. The molecule has 0 heterocycles. The third-order valence-electron chi connectivity index (χ3n) is 12.2. The Bertz CT molecular complexity index is 1250. The van der Waals surface area contributed by atoms with Gasteiger partial charge in [0.2, 0.25) is 0 Å². The van der Waals surface area contributed by atoms with Crippen LogP contribution >= 0.6 is 0 Å². The van der Waals surface area contributed by atoms with E-state index in [4.69, 9.17) is 11.0 Å². The highest BCUT2D eigenvalue weighted by molar-refractivity contribution is 4.65. The van der Waals surface area contributed by atoms with Crippen LogP contribution in [0, 0.1) is 58.6 Å². The molecule has 6 heteroatoms. The molecule has 0 amide bonds. The highest BCUT2D eigenvalue weighted by Crippen LogP contribution is 2.30. The monoisotopic (exact) mass is 1220 g/mol. The van der Waals surface area contributed by atoms with E-state index in [-0.39, 0.29) is 24.6 Å². The lowest BCUT2D eigenvalue weighted by Crippen LogP contribution is -2.19. The first kappa shape index (κ1) is 89.0. The second-order valence-electron chi connectivity index (χ2n) is 25.8. The van der Waals surface area contributed by atoms with Gasteiger partial charge < -0.3 is 0 Å². The molecule has 3 saturated carbocycles. The predicted octanol–water partition coefficient (Wildman–Crippen LogP) is 32.6. The van der Waals surface area contributed by atoms with Crippen molar-refractivity contribution in [2.24, 2.45) is 58.6 Å². The maximum Gasteiger partial charge on any atom is 0.391 e. The average Bonchev–Trinajstić information content (AvgIpc) is 4.06. The Labute approximate surface area is 540 Å². The Morgan fingerprint density at radius 2 is 0.699 bits per heavy atom. The van der Waals surface area contributed by atoms with Crippen LogP contribution < -0.4 is 0 Å². The van der Waals surface area contributed by atoms with Crippen LogP contribution in [0.1, 0.15) is 445 Å². The van der Waals surface area contributed by atoms with Crippen LogP contribution in [0.2, 0.25) is 0 Å². The Morgan fingerprint density at radius 3 is 0.771 bits per heavy atom. The molecular formula is C77H172F6. The van der Waals surface area contributed by atoms with Gasteiger partial charge in [0.1, 0.15) is 0 Å². The molecule has 2 atom stereocenters. The lowest BCUT2D eigenvalue weighted by molar-refractivity contribution is -0.171. The Kier molecular flexibility index (Phi) is 96.9. The molecule has 3 aliphatic carbocycles. The summed E-state index contributed by atoms with van der Waals surface area (Å²) in [5, 5.41) is 0. The molecule has 0 aliphatic heterocycles. The minimum atomic E-state index is -3.99. The molecule has 83 heavy (non-hydrogen) atoms. The Balaban J connectivity index is -0.0000000745. The van der Waals surface area contributed by atoms with Crippen molar-refractivity contribution in [3.63, 3.8) is 0 Å². The van der Waals surface area contributed by atoms with Gasteiger partial charge in [0.25, 0.3) is 0 Å². The molecule has 3 aliphatic rings. The number of halogens is 6. The molecule has 0 aromatic heterocycles. The van der Waals surface area contributed by atoms with Crippen LogP contribution in [0.25, 0.3) is 0 Å². The van der Waals surface area contributed by atoms with Crippen molar-refractivity contribution in [2.75, 3.05) is 0 Å². The van der Waals surface area contributed by atoms with Crippen LogP contribution in [0.15, 0.2) is 0 Å². The van der Waals surface area contributed by atoms with Gasteiger partial charge in [-0.15, -0.1) is 0 Å². The molecule has 0 saturated heterocycles. The number of alkyl halides is 6. The van der Waals surface area contributed by atoms with Crippen LogP contribution in [0.3, 0.4) is 0 Å². The van der Waals surface area contributed by atoms with Gasteiger partial charge in [0.15, 0.2) is 0 Å². The highest BCUT2D eigenvalue weighted by Gasteiger charge is 2.35. The van der Waals surface area contributed by atoms with Gasteiger partial charge in [-0.05, 0) is 66.1 Å². The maximum absolute atomic E-state index is 11.6. The Morgan fingerprint density at radius 1 is 0.422 bits per heavy atom. The van der Waals surface area contributed by atoms with Crippen molar-refractivity contribution in [3.05, 3.63) is 0 Å². The van der Waals surface area contributed by atoms with Crippen LogP contribution in [-0.2, 0) is 0 Å². The minimum absolute atomic E-state index is 0.0712. The lowest BCUT2D eigenvalue weighted by Gasteiger charge is -2.18.